The molecule has 1 radical (unpaired) electrons. The summed E-state index contributed by atoms with van der Waals surface area (Å²) >= 11 is 0. The van der Waals surface area contributed by atoms with Crippen LogP contribution in [0.4, 0.5) is 23.7 Å². The number of hydrogen-bond acceptors (Lipinski definition) is 4. The summed E-state index contributed by atoms with van der Waals surface area (Å²) in [6.07, 6.45) is -4.71. The van der Waals surface area contributed by atoms with E-state index in [0.29, 0.717) is 11.3 Å². The van der Waals surface area contributed by atoms with E-state index < -0.39 is 62.2 Å². The molecule has 45 heavy (non-hydrogen) atoms. The molecule has 3 amide bonds. The largest absolute Gasteiger partial charge is 0.396 e. The molecule has 3 rings (SSSR count). The number of pyridine rings is 1. The Morgan fingerprint density at radius 1 is 0.911 bits per heavy atom. The fraction of sp³-hybridized carbons (Fsp3) is 0.424. The molecule has 0 aliphatic carbocycles. The molecule has 0 aliphatic heterocycles. The van der Waals surface area contributed by atoms with E-state index in [1.807, 2.05) is 30.3 Å². The van der Waals surface area contributed by atoms with Crippen LogP contribution >= 0.6 is 0 Å². The topological polar surface area (TPSA) is 101 Å². The summed E-state index contributed by atoms with van der Waals surface area (Å²) in [5.74, 6) is -3.68. The van der Waals surface area contributed by atoms with Crippen molar-refractivity contribution in [2.45, 2.75) is 72.7 Å². The van der Waals surface area contributed by atoms with E-state index in [0.717, 1.165) is 10.1 Å². The minimum atomic E-state index is -4.71. The van der Waals surface area contributed by atoms with Gasteiger partial charge >= 0.3 is 12.2 Å². The van der Waals surface area contributed by atoms with Gasteiger partial charge in [0.25, 0.3) is 5.56 Å². The van der Waals surface area contributed by atoms with Crippen molar-refractivity contribution in [2.24, 2.45) is 17.3 Å². The molecule has 3 N–H and O–H groups in total. The normalized spacial score (nSPS) is 14.1. The van der Waals surface area contributed by atoms with Gasteiger partial charge in [0.05, 0.1) is 5.69 Å². The number of hydrogen-bond donors (Lipinski definition) is 3. The number of anilines is 1. The first-order chi connectivity index (χ1) is 21.0. The highest BCUT2D eigenvalue weighted by molar-refractivity contribution is 6.48. The first-order valence-electron chi connectivity index (χ1n) is 14.7. The Morgan fingerprint density at radius 2 is 1.49 bits per heavy atom. The van der Waals surface area contributed by atoms with E-state index in [1.165, 1.54) is 26.8 Å². The zero-order chi connectivity index (χ0) is 33.6. The van der Waals surface area contributed by atoms with Gasteiger partial charge in [-0.25, -0.2) is 4.79 Å². The van der Waals surface area contributed by atoms with Gasteiger partial charge in [0.2, 0.25) is 14.9 Å². The first-order valence-corrected chi connectivity index (χ1v) is 17.1. The molecule has 0 spiro atoms. The number of carbonyl (C=O) groups is 2. The van der Waals surface area contributed by atoms with Crippen molar-refractivity contribution >= 4 is 26.7 Å². The minimum absolute atomic E-state index is 0.102. The summed E-state index contributed by atoms with van der Waals surface area (Å²) in [7, 11) is -1.76. The Hall–Kier alpha value is -3.90. The summed E-state index contributed by atoms with van der Waals surface area (Å²) < 4.78 is 51.6. The van der Waals surface area contributed by atoms with Crippen molar-refractivity contribution in [3.63, 3.8) is 0 Å². The predicted molar refractivity (Wildman–Crippen MR) is 172 cm³/mol. The van der Waals surface area contributed by atoms with Gasteiger partial charge in [0.15, 0.2) is 0 Å². The summed E-state index contributed by atoms with van der Waals surface area (Å²) in [5, 5.41) is 7.84. The first kappa shape index (κ1) is 35.6. The zero-order valence-corrected chi connectivity index (χ0v) is 27.7. The van der Waals surface area contributed by atoms with Crippen LogP contribution in [0.25, 0.3) is 11.3 Å². The van der Waals surface area contributed by atoms with E-state index in [1.54, 1.807) is 63.3 Å². The average molecular weight is 644 g/mol. The molecule has 0 saturated heterocycles. The van der Waals surface area contributed by atoms with Gasteiger partial charge in [0.1, 0.15) is 23.9 Å². The maximum absolute atomic E-state index is 14.8. The van der Waals surface area contributed by atoms with Gasteiger partial charge in [-0.3, -0.25) is 14.2 Å². The van der Waals surface area contributed by atoms with E-state index >= 15 is 0 Å². The zero-order valence-electron chi connectivity index (χ0n) is 26.7. The molecule has 0 saturated carbocycles. The maximum Gasteiger partial charge on any atom is 0.396 e. The molecule has 3 aromatic rings. The fourth-order valence-corrected chi connectivity index (χ4v) is 6.58. The SMILES string of the molecule is CC(C)C(NC(=O)Cn1c(-c2ccccc2)ccc(NC(=O)NCc2ccccc2)c1=O)(O[Si](C)C)C(C(C)(C)C)C(F)(F)F. The van der Waals surface area contributed by atoms with Gasteiger partial charge in [-0.15, -0.1) is 0 Å². The molecule has 1 aromatic heterocycles. The number of benzene rings is 2. The number of carbonyl (C=O) groups excluding carboxylic acids is 2. The number of aromatic nitrogens is 1. The van der Waals surface area contributed by atoms with Gasteiger partial charge in [-0.1, -0.05) is 95.3 Å². The Balaban J connectivity index is 2.03. The number of nitrogens with zero attached hydrogens (tertiary/aromatic N) is 1. The highest BCUT2D eigenvalue weighted by atomic mass is 28.3. The molecule has 2 unspecified atom stereocenters. The van der Waals surface area contributed by atoms with Crippen molar-refractivity contribution < 1.29 is 27.2 Å². The number of amides is 3. The lowest BCUT2D eigenvalue weighted by molar-refractivity contribution is -0.265. The summed E-state index contributed by atoms with van der Waals surface area (Å²) in [5.41, 5.74) is -2.44. The van der Waals surface area contributed by atoms with Crippen molar-refractivity contribution in [2.75, 3.05) is 5.32 Å². The number of nitrogens with one attached hydrogen (secondary N) is 3. The van der Waals surface area contributed by atoms with Crippen LogP contribution in [0.3, 0.4) is 0 Å². The van der Waals surface area contributed by atoms with Crippen molar-refractivity contribution in [3.8, 4) is 11.3 Å². The number of urea groups is 1. The Labute approximate surface area is 264 Å². The summed E-state index contributed by atoms with van der Waals surface area (Å²) in [6.45, 7) is 10.6. The van der Waals surface area contributed by atoms with Crippen LogP contribution in [0.2, 0.25) is 13.1 Å². The Morgan fingerprint density at radius 3 is 2.00 bits per heavy atom. The molecular weight excluding hydrogens is 601 g/mol. The minimum Gasteiger partial charge on any atom is -0.394 e. The monoisotopic (exact) mass is 643 g/mol. The van der Waals surface area contributed by atoms with Gasteiger partial charge < -0.3 is 20.4 Å². The van der Waals surface area contributed by atoms with Crippen LogP contribution < -0.4 is 21.5 Å². The molecular formula is C33H42F3N4O4Si. The molecule has 2 atom stereocenters. The van der Waals surface area contributed by atoms with E-state index in [9.17, 15) is 27.6 Å². The second-order valence-corrected chi connectivity index (χ2v) is 14.6. The Bertz CT molecular complexity index is 1490. The molecule has 1 heterocycles. The van der Waals surface area contributed by atoms with Crippen LogP contribution in [0.5, 0.6) is 0 Å². The van der Waals surface area contributed by atoms with E-state index in [-0.39, 0.29) is 12.2 Å². The molecule has 0 aliphatic rings. The van der Waals surface area contributed by atoms with Crippen LogP contribution in [0.15, 0.2) is 77.6 Å². The maximum atomic E-state index is 14.8. The molecule has 8 nitrogen and oxygen atoms in total. The molecule has 0 fully saturated rings. The summed E-state index contributed by atoms with van der Waals surface area (Å²) in [6, 6.07) is 20.4. The lowest BCUT2D eigenvalue weighted by Gasteiger charge is -2.50. The van der Waals surface area contributed by atoms with Crippen molar-refractivity contribution in [1.29, 1.82) is 0 Å². The molecule has 2 aromatic carbocycles. The van der Waals surface area contributed by atoms with E-state index in [4.69, 9.17) is 4.43 Å². The third-order valence-electron chi connectivity index (χ3n) is 7.28. The van der Waals surface area contributed by atoms with Gasteiger partial charge in [-0.05, 0) is 41.8 Å². The van der Waals surface area contributed by atoms with Gasteiger partial charge in [-0.2, -0.15) is 13.2 Å². The highest BCUT2D eigenvalue weighted by Crippen LogP contribution is 2.49. The quantitative estimate of drug-likeness (QED) is 0.158. The predicted octanol–water partition coefficient (Wildman–Crippen LogP) is 6.80. The third-order valence-corrected chi connectivity index (χ3v) is 8.02. The Kier molecular flexibility index (Phi) is 11.4. The van der Waals surface area contributed by atoms with Crippen molar-refractivity contribution in [1.82, 2.24) is 15.2 Å². The lowest BCUT2D eigenvalue weighted by atomic mass is 9.70. The van der Waals surface area contributed by atoms with Crippen LogP contribution in [0.1, 0.15) is 40.2 Å². The smallest absolute Gasteiger partial charge is 0.394 e. The van der Waals surface area contributed by atoms with Crippen LogP contribution in [0, 0.1) is 17.3 Å². The fourth-order valence-electron chi connectivity index (χ4n) is 5.50. The summed E-state index contributed by atoms with van der Waals surface area (Å²) in [4.78, 5) is 40.3. The number of rotatable bonds is 11. The average Bonchev–Trinajstić information content (AvgIpc) is 2.93. The molecule has 12 heteroatoms. The lowest BCUT2D eigenvalue weighted by Crippen LogP contribution is -2.67. The molecule has 243 valence electrons. The van der Waals surface area contributed by atoms with Gasteiger partial charge in [0, 0.05) is 12.5 Å². The number of halogens is 3. The van der Waals surface area contributed by atoms with Crippen LogP contribution in [-0.2, 0) is 22.3 Å². The second kappa shape index (κ2) is 14.5. The van der Waals surface area contributed by atoms with E-state index in [2.05, 4.69) is 16.0 Å². The second-order valence-electron chi connectivity index (χ2n) is 12.5. The van der Waals surface area contributed by atoms with Crippen molar-refractivity contribution in [3.05, 3.63) is 88.7 Å². The standard InChI is InChI=1S/C33H42F3N4O4Si/c1-22(2)32(44-45(6)7,29(31(3,4)5)33(34,35)36)39-27(41)21-40-26(24-16-12-9-13-17-24)19-18-25(28(40)42)38-30(43)37-20-23-14-10-8-11-15-23/h8-19,22,29H,20-21H2,1-7H3,(H,39,41)(H2,37,38,43). The highest BCUT2D eigenvalue weighted by Gasteiger charge is 2.61. The molecule has 0 bridgehead atoms. The van der Waals surface area contributed by atoms with Crippen LogP contribution in [-0.4, -0.2) is 37.4 Å². The number of alkyl halides is 3. The third kappa shape index (κ3) is 9.07.